The number of hydrogen-bond donors (Lipinski definition) is 2. The van der Waals surface area contributed by atoms with Crippen molar-refractivity contribution in [1.29, 1.82) is 0 Å². The van der Waals surface area contributed by atoms with Gasteiger partial charge in [0.05, 0.1) is 11.9 Å². The molecule has 1 aliphatic heterocycles. The molecule has 1 aromatic heterocycles. The molecule has 0 radical (unpaired) electrons. The van der Waals surface area contributed by atoms with Crippen LogP contribution in [0.1, 0.15) is 12.5 Å². The third-order valence-corrected chi connectivity index (χ3v) is 4.26. The van der Waals surface area contributed by atoms with E-state index >= 15 is 0 Å². The summed E-state index contributed by atoms with van der Waals surface area (Å²) in [5.41, 5.74) is 6.60. The molecule has 2 heterocycles. The summed E-state index contributed by atoms with van der Waals surface area (Å²) in [7, 11) is 2.03. The highest BCUT2D eigenvalue weighted by molar-refractivity contribution is 5.64. The largest absolute Gasteiger partial charge is 0.353 e. The van der Waals surface area contributed by atoms with Crippen LogP contribution in [0.5, 0.6) is 0 Å². The van der Waals surface area contributed by atoms with Crippen LogP contribution in [0, 0.1) is 6.92 Å². The van der Waals surface area contributed by atoms with Gasteiger partial charge in [-0.3, -0.25) is 0 Å². The van der Waals surface area contributed by atoms with Gasteiger partial charge in [-0.05, 0) is 30.7 Å². The van der Waals surface area contributed by atoms with Crippen LogP contribution in [0.4, 0.5) is 11.5 Å². The number of rotatable bonds is 5. The molecular formula is C17H25N7. The first-order valence-electron chi connectivity index (χ1n) is 8.41. The smallest absolute Gasteiger partial charge is 0.183 e. The Labute approximate surface area is 143 Å². The molecule has 7 heteroatoms. The predicted molar refractivity (Wildman–Crippen MR) is 97.0 cm³/mol. The SMILES string of the molecule is CCN(C)Nc1ccc(-c2nncc(N3CCNCC3)n2)cc1C. The molecule has 1 fully saturated rings. The number of hydrogen-bond acceptors (Lipinski definition) is 7. The minimum atomic E-state index is 0.671. The van der Waals surface area contributed by atoms with Crippen molar-refractivity contribution in [1.82, 2.24) is 25.5 Å². The number of benzene rings is 1. The van der Waals surface area contributed by atoms with E-state index in [9.17, 15) is 0 Å². The van der Waals surface area contributed by atoms with Gasteiger partial charge < -0.3 is 15.6 Å². The van der Waals surface area contributed by atoms with Crippen LogP contribution in [-0.4, -0.2) is 60.0 Å². The van der Waals surface area contributed by atoms with Crippen molar-refractivity contribution in [2.75, 3.05) is 50.1 Å². The van der Waals surface area contributed by atoms with Crippen molar-refractivity contribution >= 4 is 11.5 Å². The number of anilines is 2. The maximum absolute atomic E-state index is 4.71. The summed E-state index contributed by atoms with van der Waals surface area (Å²) in [5.74, 6) is 1.57. The third kappa shape index (κ3) is 3.80. The lowest BCUT2D eigenvalue weighted by Crippen LogP contribution is -2.44. The highest BCUT2D eigenvalue weighted by Crippen LogP contribution is 2.23. The summed E-state index contributed by atoms with van der Waals surface area (Å²) in [6.07, 6.45) is 1.74. The van der Waals surface area contributed by atoms with Gasteiger partial charge in [0.2, 0.25) is 0 Å². The van der Waals surface area contributed by atoms with Gasteiger partial charge in [0.15, 0.2) is 11.6 Å². The van der Waals surface area contributed by atoms with Crippen LogP contribution in [0.15, 0.2) is 24.4 Å². The Hall–Kier alpha value is -2.25. The summed E-state index contributed by atoms with van der Waals surface area (Å²) in [5, 5.41) is 13.8. The minimum Gasteiger partial charge on any atom is -0.353 e. The summed E-state index contributed by atoms with van der Waals surface area (Å²) in [4.78, 5) is 6.95. The number of nitrogens with zero attached hydrogens (tertiary/aromatic N) is 5. The molecule has 2 aromatic rings. The standard InChI is InChI=1S/C17H25N7/c1-4-23(3)22-15-6-5-14(11-13(15)2)17-20-16(12-19-21-17)24-9-7-18-8-10-24/h5-6,11-12,18,22H,4,7-10H2,1-3H3. The topological polar surface area (TPSA) is 69.2 Å². The first-order chi connectivity index (χ1) is 11.7. The Kier molecular flexibility index (Phi) is 5.22. The summed E-state index contributed by atoms with van der Waals surface area (Å²) in [6.45, 7) is 8.97. The molecule has 1 aromatic carbocycles. The second-order valence-corrected chi connectivity index (χ2v) is 6.03. The molecule has 0 bridgehead atoms. The number of hydrazine groups is 1. The van der Waals surface area contributed by atoms with E-state index in [-0.39, 0.29) is 0 Å². The predicted octanol–water partition coefficient (Wildman–Crippen LogP) is 1.54. The molecule has 1 saturated heterocycles. The molecule has 24 heavy (non-hydrogen) atoms. The summed E-state index contributed by atoms with van der Waals surface area (Å²) < 4.78 is 0. The van der Waals surface area contributed by atoms with Gasteiger partial charge in [0, 0.05) is 45.3 Å². The fraction of sp³-hybridized carbons (Fsp3) is 0.471. The van der Waals surface area contributed by atoms with Crippen LogP contribution in [0.25, 0.3) is 11.4 Å². The van der Waals surface area contributed by atoms with E-state index in [4.69, 9.17) is 4.98 Å². The van der Waals surface area contributed by atoms with Gasteiger partial charge >= 0.3 is 0 Å². The van der Waals surface area contributed by atoms with Crippen LogP contribution < -0.4 is 15.6 Å². The molecule has 1 aliphatic rings. The zero-order chi connectivity index (χ0) is 16.9. The van der Waals surface area contributed by atoms with E-state index in [0.717, 1.165) is 55.4 Å². The summed E-state index contributed by atoms with van der Waals surface area (Å²) in [6, 6.07) is 6.21. The van der Waals surface area contributed by atoms with Crippen LogP contribution in [0.2, 0.25) is 0 Å². The van der Waals surface area contributed by atoms with Gasteiger partial charge in [0.1, 0.15) is 0 Å². The maximum Gasteiger partial charge on any atom is 0.183 e. The number of nitrogens with one attached hydrogen (secondary N) is 2. The maximum atomic E-state index is 4.71. The second-order valence-electron chi connectivity index (χ2n) is 6.03. The Balaban J connectivity index is 1.82. The van der Waals surface area contributed by atoms with E-state index < -0.39 is 0 Å². The molecule has 0 saturated carbocycles. The van der Waals surface area contributed by atoms with Crippen molar-refractivity contribution in [3.05, 3.63) is 30.0 Å². The number of aryl methyl sites for hydroxylation is 1. The number of aromatic nitrogens is 3. The van der Waals surface area contributed by atoms with E-state index in [1.807, 2.05) is 18.1 Å². The van der Waals surface area contributed by atoms with Gasteiger partial charge in [-0.1, -0.05) is 6.92 Å². The second kappa shape index (κ2) is 7.55. The molecule has 0 unspecified atom stereocenters. The quantitative estimate of drug-likeness (QED) is 0.807. The van der Waals surface area contributed by atoms with Crippen molar-refractivity contribution in [3.8, 4) is 11.4 Å². The van der Waals surface area contributed by atoms with Crippen molar-refractivity contribution in [2.45, 2.75) is 13.8 Å². The lowest BCUT2D eigenvalue weighted by Gasteiger charge is -2.28. The fourth-order valence-corrected chi connectivity index (χ4v) is 2.68. The highest BCUT2D eigenvalue weighted by Gasteiger charge is 2.14. The molecule has 128 valence electrons. The van der Waals surface area contributed by atoms with Crippen LogP contribution >= 0.6 is 0 Å². The Bertz CT molecular complexity index is 682. The molecule has 0 atom stereocenters. The molecule has 2 N–H and O–H groups in total. The zero-order valence-corrected chi connectivity index (χ0v) is 14.6. The van der Waals surface area contributed by atoms with Gasteiger partial charge in [0.25, 0.3) is 0 Å². The van der Waals surface area contributed by atoms with Crippen LogP contribution in [-0.2, 0) is 0 Å². The van der Waals surface area contributed by atoms with E-state index in [2.05, 4.69) is 51.8 Å². The number of piperazine rings is 1. The minimum absolute atomic E-state index is 0.671. The van der Waals surface area contributed by atoms with Gasteiger partial charge in [-0.15, -0.1) is 5.10 Å². The van der Waals surface area contributed by atoms with Crippen molar-refractivity contribution in [3.63, 3.8) is 0 Å². The monoisotopic (exact) mass is 327 g/mol. The van der Waals surface area contributed by atoms with Crippen molar-refractivity contribution in [2.24, 2.45) is 0 Å². The van der Waals surface area contributed by atoms with Gasteiger partial charge in [-0.25, -0.2) is 9.99 Å². The van der Waals surface area contributed by atoms with E-state index in [0.29, 0.717) is 5.82 Å². The Morgan fingerprint density at radius 2 is 2.08 bits per heavy atom. The van der Waals surface area contributed by atoms with E-state index in [1.165, 1.54) is 0 Å². The lowest BCUT2D eigenvalue weighted by atomic mass is 10.1. The third-order valence-electron chi connectivity index (χ3n) is 4.26. The lowest BCUT2D eigenvalue weighted by molar-refractivity contribution is 0.425. The first-order valence-corrected chi connectivity index (χ1v) is 8.41. The van der Waals surface area contributed by atoms with E-state index in [1.54, 1.807) is 6.20 Å². The molecular weight excluding hydrogens is 302 g/mol. The normalized spacial score (nSPS) is 14.9. The molecule has 7 nitrogen and oxygen atoms in total. The summed E-state index contributed by atoms with van der Waals surface area (Å²) >= 11 is 0. The average molecular weight is 327 g/mol. The highest BCUT2D eigenvalue weighted by atomic mass is 15.5. The van der Waals surface area contributed by atoms with Gasteiger partial charge in [-0.2, -0.15) is 5.10 Å². The average Bonchev–Trinajstić information content (AvgIpc) is 2.64. The molecule has 0 amide bonds. The fourth-order valence-electron chi connectivity index (χ4n) is 2.68. The molecule has 3 rings (SSSR count). The Morgan fingerprint density at radius 3 is 2.79 bits per heavy atom. The molecule has 0 spiro atoms. The zero-order valence-electron chi connectivity index (χ0n) is 14.6. The van der Waals surface area contributed by atoms with Crippen LogP contribution in [0.3, 0.4) is 0 Å². The van der Waals surface area contributed by atoms with Crippen molar-refractivity contribution < 1.29 is 0 Å². The Morgan fingerprint density at radius 1 is 1.29 bits per heavy atom. The molecule has 0 aliphatic carbocycles. The first kappa shape index (κ1) is 16.6.